The number of piperazine rings is 1. The zero-order valence-electron chi connectivity index (χ0n) is 14.3. The minimum atomic E-state index is -0.0896. The Bertz CT molecular complexity index is 614. The number of benzene rings is 1. The number of fused-ring (bicyclic) bond motifs is 1. The Hall–Kier alpha value is -1.35. The molecule has 4 aliphatic rings. The summed E-state index contributed by atoms with van der Waals surface area (Å²) < 4.78 is 13.9. The minimum Gasteiger partial charge on any atom is -0.358 e. The van der Waals surface area contributed by atoms with Crippen LogP contribution in [-0.2, 0) is 0 Å². The van der Waals surface area contributed by atoms with Crippen LogP contribution >= 0.6 is 0 Å². The quantitative estimate of drug-likeness (QED) is 0.842. The van der Waals surface area contributed by atoms with Crippen LogP contribution in [0.1, 0.15) is 26.7 Å². The fraction of sp³-hybridized carbons (Fsp3) is 0.600. The van der Waals surface area contributed by atoms with Crippen LogP contribution in [0.15, 0.2) is 35.9 Å². The van der Waals surface area contributed by atoms with Crippen LogP contribution in [0.2, 0.25) is 0 Å². The largest absolute Gasteiger partial charge is 0.358 e. The van der Waals surface area contributed by atoms with E-state index >= 15 is 0 Å². The van der Waals surface area contributed by atoms with Gasteiger partial charge in [0.05, 0.1) is 38.4 Å². The van der Waals surface area contributed by atoms with Gasteiger partial charge in [0.2, 0.25) is 0 Å². The first-order valence-electron chi connectivity index (χ1n) is 9.07. The van der Waals surface area contributed by atoms with Crippen molar-refractivity contribution in [2.45, 2.75) is 26.7 Å². The van der Waals surface area contributed by atoms with Gasteiger partial charge in [-0.05, 0) is 47.8 Å². The highest BCUT2D eigenvalue weighted by Gasteiger charge is 2.51. The van der Waals surface area contributed by atoms with Crippen LogP contribution < -0.4 is 9.80 Å². The molecule has 0 unspecified atom stereocenters. The van der Waals surface area contributed by atoms with E-state index in [1.165, 1.54) is 19.4 Å². The number of halogens is 1. The number of hydrogen-bond donors (Lipinski definition) is 1. The standard InChI is InChI=1S/C20H27FN2/c1-20(2)16-8-7-15(17(20)13-16)14-22-9-11-23(12-10-22)19-6-4-3-5-18(19)21/h3-7,16-17H,8-14H2,1-2H3/p+1/t16-,17-/m1/s1. The molecule has 1 N–H and O–H groups in total. The average molecular weight is 315 g/mol. The topological polar surface area (TPSA) is 7.68 Å². The fourth-order valence-corrected chi connectivity index (χ4v) is 4.91. The summed E-state index contributed by atoms with van der Waals surface area (Å²) in [6.07, 6.45) is 5.22. The van der Waals surface area contributed by atoms with Crippen molar-refractivity contribution < 1.29 is 9.29 Å². The third kappa shape index (κ3) is 2.59. The number of rotatable bonds is 3. The summed E-state index contributed by atoms with van der Waals surface area (Å²) in [5.74, 6) is 1.65. The van der Waals surface area contributed by atoms with Crippen molar-refractivity contribution in [1.29, 1.82) is 0 Å². The van der Waals surface area contributed by atoms with E-state index in [0.717, 1.165) is 43.7 Å². The predicted octanol–water partition coefficient (Wildman–Crippen LogP) is 2.52. The van der Waals surface area contributed by atoms with E-state index < -0.39 is 0 Å². The highest BCUT2D eigenvalue weighted by Crippen LogP contribution is 2.58. The molecule has 3 aliphatic carbocycles. The van der Waals surface area contributed by atoms with Crippen LogP contribution in [0.4, 0.5) is 10.1 Å². The summed E-state index contributed by atoms with van der Waals surface area (Å²) in [4.78, 5) is 3.88. The normalized spacial score (nSPS) is 29.9. The van der Waals surface area contributed by atoms with E-state index in [-0.39, 0.29) is 5.82 Å². The van der Waals surface area contributed by atoms with Gasteiger partial charge < -0.3 is 9.80 Å². The van der Waals surface area contributed by atoms with Crippen LogP contribution in [0, 0.1) is 23.1 Å². The number of para-hydroxylation sites is 1. The maximum absolute atomic E-state index is 13.9. The van der Waals surface area contributed by atoms with Crippen molar-refractivity contribution >= 4 is 5.69 Å². The second-order valence-corrected chi connectivity index (χ2v) is 8.19. The van der Waals surface area contributed by atoms with Gasteiger partial charge in [-0.1, -0.05) is 32.1 Å². The first kappa shape index (κ1) is 15.2. The Labute approximate surface area is 139 Å². The molecule has 1 heterocycles. The molecule has 1 aromatic rings. The van der Waals surface area contributed by atoms with E-state index in [1.807, 2.05) is 12.1 Å². The van der Waals surface area contributed by atoms with E-state index in [2.05, 4.69) is 24.8 Å². The molecule has 2 nitrogen and oxygen atoms in total. The van der Waals surface area contributed by atoms with Gasteiger partial charge in [-0.3, -0.25) is 0 Å². The maximum atomic E-state index is 13.9. The van der Waals surface area contributed by atoms with Crippen molar-refractivity contribution in [2.24, 2.45) is 17.3 Å². The lowest BCUT2D eigenvalue weighted by Gasteiger charge is -2.56. The number of hydrogen-bond acceptors (Lipinski definition) is 1. The third-order valence-electron chi connectivity index (χ3n) is 6.70. The van der Waals surface area contributed by atoms with E-state index in [0.29, 0.717) is 5.41 Å². The summed E-state index contributed by atoms with van der Waals surface area (Å²) in [7, 11) is 0. The molecule has 0 spiro atoms. The van der Waals surface area contributed by atoms with E-state index in [9.17, 15) is 4.39 Å². The van der Waals surface area contributed by atoms with Gasteiger partial charge in [0.15, 0.2) is 0 Å². The van der Waals surface area contributed by atoms with Crippen molar-refractivity contribution in [3.05, 3.63) is 41.7 Å². The molecule has 0 radical (unpaired) electrons. The van der Waals surface area contributed by atoms with E-state index in [4.69, 9.17) is 0 Å². The molecule has 1 aromatic carbocycles. The molecular weight excluding hydrogens is 287 g/mol. The molecule has 1 saturated heterocycles. The summed E-state index contributed by atoms with van der Waals surface area (Å²) >= 11 is 0. The molecule has 0 aromatic heterocycles. The van der Waals surface area contributed by atoms with Gasteiger partial charge in [-0.15, -0.1) is 0 Å². The van der Waals surface area contributed by atoms with Gasteiger partial charge in [-0.25, -0.2) is 4.39 Å². The van der Waals surface area contributed by atoms with Crippen LogP contribution in [0.25, 0.3) is 0 Å². The summed E-state index contributed by atoms with van der Waals surface area (Å²) in [6.45, 7) is 10.2. The average Bonchev–Trinajstić information content (AvgIpc) is 2.56. The Morgan fingerprint density at radius 3 is 2.61 bits per heavy atom. The Balaban J connectivity index is 1.36. The predicted molar refractivity (Wildman–Crippen MR) is 92.3 cm³/mol. The first-order valence-corrected chi connectivity index (χ1v) is 9.07. The molecular formula is C20H28FN2+. The lowest BCUT2D eigenvalue weighted by molar-refractivity contribution is -0.896. The third-order valence-corrected chi connectivity index (χ3v) is 6.70. The van der Waals surface area contributed by atoms with Gasteiger partial charge in [0.25, 0.3) is 0 Å². The number of anilines is 1. The molecule has 3 heteroatoms. The van der Waals surface area contributed by atoms with Gasteiger partial charge >= 0.3 is 0 Å². The highest BCUT2D eigenvalue weighted by molar-refractivity contribution is 5.47. The number of nitrogens with zero attached hydrogens (tertiary/aromatic N) is 1. The van der Waals surface area contributed by atoms with Crippen molar-refractivity contribution in [3.8, 4) is 0 Å². The maximum Gasteiger partial charge on any atom is 0.146 e. The van der Waals surface area contributed by atoms with Crippen molar-refractivity contribution in [2.75, 3.05) is 37.6 Å². The SMILES string of the molecule is CC1(C)[C@@H]2CC=C(C[NH+]3CCN(c4ccccc4F)CC3)[C@H]1C2. The van der Waals surface area contributed by atoms with E-state index in [1.54, 1.807) is 22.6 Å². The highest BCUT2D eigenvalue weighted by atomic mass is 19.1. The fourth-order valence-electron chi connectivity index (χ4n) is 4.91. The zero-order valence-corrected chi connectivity index (χ0v) is 14.3. The van der Waals surface area contributed by atoms with Gasteiger partial charge in [0, 0.05) is 0 Å². The van der Waals surface area contributed by atoms with Crippen LogP contribution in [-0.4, -0.2) is 32.7 Å². The molecule has 1 aliphatic heterocycles. The smallest absolute Gasteiger partial charge is 0.146 e. The molecule has 23 heavy (non-hydrogen) atoms. The van der Waals surface area contributed by atoms with Crippen LogP contribution in [0.5, 0.6) is 0 Å². The second kappa shape index (κ2) is 5.62. The zero-order chi connectivity index (χ0) is 16.0. The summed E-state index contributed by atoms with van der Waals surface area (Å²) in [5, 5.41) is 0. The Morgan fingerprint density at radius 1 is 1.22 bits per heavy atom. The first-order chi connectivity index (χ1) is 11.1. The number of allylic oxidation sites excluding steroid dienone is 1. The van der Waals surface area contributed by atoms with Crippen molar-refractivity contribution in [3.63, 3.8) is 0 Å². The second-order valence-electron chi connectivity index (χ2n) is 8.19. The minimum absolute atomic E-state index is 0.0896. The molecule has 2 fully saturated rings. The Kier molecular flexibility index (Phi) is 3.72. The summed E-state index contributed by atoms with van der Waals surface area (Å²) in [6, 6.07) is 7.17. The summed E-state index contributed by atoms with van der Waals surface area (Å²) in [5.41, 5.74) is 3.00. The molecule has 2 bridgehead atoms. The molecule has 2 atom stereocenters. The number of nitrogens with one attached hydrogen (secondary N) is 1. The van der Waals surface area contributed by atoms with Crippen LogP contribution in [0.3, 0.4) is 0 Å². The monoisotopic (exact) mass is 315 g/mol. The Morgan fingerprint density at radius 2 is 1.96 bits per heavy atom. The lowest BCUT2D eigenvalue weighted by atomic mass is 9.49. The van der Waals surface area contributed by atoms with Gasteiger partial charge in [0.1, 0.15) is 5.82 Å². The van der Waals surface area contributed by atoms with Gasteiger partial charge in [-0.2, -0.15) is 0 Å². The molecule has 124 valence electrons. The molecule has 0 amide bonds. The number of quaternary nitrogens is 1. The molecule has 5 rings (SSSR count). The lowest BCUT2D eigenvalue weighted by Crippen LogP contribution is -3.15. The molecule has 1 saturated carbocycles. The van der Waals surface area contributed by atoms with Crippen molar-refractivity contribution in [1.82, 2.24) is 0 Å².